The Hall–Kier alpha value is -3.15. The summed E-state index contributed by atoms with van der Waals surface area (Å²) >= 11 is 0. The van der Waals surface area contributed by atoms with Gasteiger partial charge in [-0.2, -0.15) is 0 Å². The van der Waals surface area contributed by atoms with Crippen molar-refractivity contribution in [1.29, 1.82) is 0 Å². The lowest BCUT2D eigenvalue weighted by molar-refractivity contribution is -0.123. The van der Waals surface area contributed by atoms with Crippen LogP contribution in [0.3, 0.4) is 0 Å². The van der Waals surface area contributed by atoms with Gasteiger partial charge in [0, 0.05) is 19.0 Å². The smallest absolute Gasteiger partial charge is 0.256 e. The van der Waals surface area contributed by atoms with Gasteiger partial charge in [-0.1, -0.05) is 45.0 Å². The van der Waals surface area contributed by atoms with Gasteiger partial charge in [0.2, 0.25) is 11.8 Å². The fourth-order valence-corrected chi connectivity index (χ4v) is 4.61. The van der Waals surface area contributed by atoms with E-state index in [1.54, 1.807) is 4.90 Å². The lowest BCUT2D eigenvalue weighted by Gasteiger charge is -2.21. The highest BCUT2D eigenvalue weighted by Crippen LogP contribution is 2.33. The lowest BCUT2D eigenvalue weighted by Crippen LogP contribution is -2.41. The van der Waals surface area contributed by atoms with Gasteiger partial charge in [-0.25, -0.2) is 0 Å². The molecule has 0 aliphatic carbocycles. The topological polar surface area (TPSA) is 78.5 Å². The van der Waals surface area contributed by atoms with E-state index in [2.05, 4.69) is 30.5 Å². The van der Waals surface area contributed by atoms with Crippen LogP contribution >= 0.6 is 0 Å². The van der Waals surface area contributed by atoms with E-state index in [9.17, 15) is 14.4 Å². The van der Waals surface area contributed by atoms with E-state index in [0.29, 0.717) is 30.6 Å². The normalized spacial score (nSPS) is 20.3. The number of fused-ring (bicyclic) bond motifs is 2. The fourth-order valence-electron chi connectivity index (χ4n) is 4.61. The van der Waals surface area contributed by atoms with Crippen molar-refractivity contribution in [1.82, 2.24) is 10.2 Å². The maximum absolute atomic E-state index is 13.5. The molecule has 0 radical (unpaired) electrons. The third-order valence-corrected chi connectivity index (χ3v) is 6.34. The van der Waals surface area contributed by atoms with Crippen molar-refractivity contribution in [2.24, 2.45) is 5.41 Å². The minimum atomic E-state index is -0.584. The zero-order chi connectivity index (χ0) is 23.2. The summed E-state index contributed by atoms with van der Waals surface area (Å²) in [4.78, 5) is 40.4. The summed E-state index contributed by atoms with van der Waals surface area (Å²) in [5.74, 6) is -0.433. The number of anilines is 1. The lowest BCUT2D eigenvalue weighted by atomic mass is 9.92. The second-order valence-corrected chi connectivity index (χ2v) is 10.2. The van der Waals surface area contributed by atoms with Gasteiger partial charge in [0.15, 0.2) is 0 Å². The third-order valence-electron chi connectivity index (χ3n) is 6.34. The molecule has 168 valence electrons. The average molecular weight is 434 g/mol. The highest BCUT2D eigenvalue weighted by Gasteiger charge is 2.43. The Balaban J connectivity index is 1.61. The summed E-state index contributed by atoms with van der Waals surface area (Å²) in [6.07, 6.45) is 0.821. The number of nitrogens with one attached hydrogen (secondary N) is 2. The Morgan fingerprint density at radius 2 is 1.88 bits per heavy atom. The summed E-state index contributed by atoms with van der Waals surface area (Å²) in [6.45, 7) is 10.5. The number of rotatable bonds is 3. The van der Waals surface area contributed by atoms with E-state index < -0.39 is 6.04 Å². The summed E-state index contributed by atoms with van der Waals surface area (Å²) in [6, 6.07) is 10.9. The Morgan fingerprint density at radius 1 is 1.12 bits per heavy atom. The molecule has 0 spiro atoms. The predicted molar refractivity (Wildman–Crippen MR) is 125 cm³/mol. The number of carbonyl (C=O) groups excluding carboxylic acids is 3. The standard InChI is InChI=1S/C26H31N3O3/c1-15-7-6-8-19(16(15)2)17-9-10-21-20(11-17)25(32)29-14-18(12-22(29)24(31)28-21)27-23(30)13-26(3,4)5/h6-11,18,22H,12-14H2,1-5H3,(H,27,30)(H,28,31)/t18-,22-/m0/s1. The molecule has 2 heterocycles. The largest absolute Gasteiger partial charge is 0.351 e. The number of nitrogens with zero attached hydrogens (tertiary/aromatic N) is 1. The zero-order valence-corrected chi connectivity index (χ0v) is 19.4. The molecule has 2 aliphatic heterocycles. The zero-order valence-electron chi connectivity index (χ0n) is 19.4. The molecule has 2 N–H and O–H groups in total. The highest BCUT2D eigenvalue weighted by molar-refractivity contribution is 6.11. The van der Waals surface area contributed by atoms with Crippen LogP contribution in [0.15, 0.2) is 36.4 Å². The molecule has 0 aromatic heterocycles. The molecule has 2 atom stereocenters. The molecule has 6 nitrogen and oxygen atoms in total. The molecule has 1 saturated heterocycles. The summed E-state index contributed by atoms with van der Waals surface area (Å²) in [7, 11) is 0. The van der Waals surface area contributed by atoms with E-state index in [1.807, 2.05) is 51.1 Å². The van der Waals surface area contributed by atoms with Crippen molar-refractivity contribution in [3.8, 4) is 11.1 Å². The highest BCUT2D eigenvalue weighted by atomic mass is 16.2. The molecule has 0 unspecified atom stereocenters. The monoisotopic (exact) mass is 433 g/mol. The average Bonchev–Trinajstić information content (AvgIpc) is 3.08. The minimum Gasteiger partial charge on any atom is -0.351 e. The van der Waals surface area contributed by atoms with Crippen molar-refractivity contribution in [3.63, 3.8) is 0 Å². The number of hydrogen-bond acceptors (Lipinski definition) is 3. The molecule has 2 aliphatic rings. The number of hydrogen-bond donors (Lipinski definition) is 2. The molecule has 4 rings (SSSR count). The molecule has 0 bridgehead atoms. The maximum atomic E-state index is 13.5. The predicted octanol–water partition coefficient (Wildman–Crippen LogP) is 4.06. The van der Waals surface area contributed by atoms with Gasteiger partial charge < -0.3 is 15.5 Å². The molecular formula is C26H31N3O3. The van der Waals surface area contributed by atoms with Gasteiger partial charge in [-0.05, 0) is 60.1 Å². The number of amides is 3. The van der Waals surface area contributed by atoms with Crippen molar-refractivity contribution in [3.05, 3.63) is 53.1 Å². The van der Waals surface area contributed by atoms with Crippen LogP contribution in [0.2, 0.25) is 0 Å². The van der Waals surface area contributed by atoms with Crippen molar-refractivity contribution < 1.29 is 14.4 Å². The van der Waals surface area contributed by atoms with Gasteiger partial charge >= 0.3 is 0 Å². The van der Waals surface area contributed by atoms with E-state index in [1.165, 1.54) is 11.1 Å². The van der Waals surface area contributed by atoms with Gasteiger partial charge in [0.1, 0.15) is 6.04 Å². The van der Waals surface area contributed by atoms with Crippen LogP contribution in [0, 0.1) is 19.3 Å². The quantitative estimate of drug-likeness (QED) is 0.766. The van der Waals surface area contributed by atoms with Crippen molar-refractivity contribution in [2.75, 3.05) is 11.9 Å². The van der Waals surface area contributed by atoms with Crippen molar-refractivity contribution >= 4 is 23.4 Å². The first-order chi connectivity index (χ1) is 15.0. The summed E-state index contributed by atoms with van der Waals surface area (Å²) < 4.78 is 0. The first-order valence-electron chi connectivity index (χ1n) is 11.2. The number of aryl methyl sites for hydroxylation is 1. The van der Waals surface area contributed by atoms with E-state index in [0.717, 1.165) is 11.1 Å². The fraction of sp³-hybridized carbons (Fsp3) is 0.423. The van der Waals surface area contributed by atoms with E-state index in [4.69, 9.17) is 0 Å². The van der Waals surface area contributed by atoms with Crippen LogP contribution in [-0.2, 0) is 9.59 Å². The molecule has 6 heteroatoms. The molecule has 1 fully saturated rings. The van der Waals surface area contributed by atoms with Crippen LogP contribution in [-0.4, -0.2) is 41.2 Å². The molecule has 3 amide bonds. The van der Waals surface area contributed by atoms with Gasteiger partial charge in [0.05, 0.1) is 11.3 Å². The maximum Gasteiger partial charge on any atom is 0.256 e. The number of benzene rings is 2. The van der Waals surface area contributed by atoms with E-state index in [-0.39, 0.29) is 29.2 Å². The molecule has 0 saturated carbocycles. The molecule has 2 aromatic rings. The van der Waals surface area contributed by atoms with E-state index >= 15 is 0 Å². The molecule has 32 heavy (non-hydrogen) atoms. The van der Waals surface area contributed by atoms with Crippen LogP contribution in [0.4, 0.5) is 5.69 Å². The van der Waals surface area contributed by atoms with Crippen molar-refractivity contribution in [2.45, 2.75) is 59.5 Å². The van der Waals surface area contributed by atoms with Crippen LogP contribution in [0.1, 0.15) is 55.1 Å². The van der Waals surface area contributed by atoms with Gasteiger partial charge in [-0.3, -0.25) is 14.4 Å². The first-order valence-corrected chi connectivity index (χ1v) is 11.2. The van der Waals surface area contributed by atoms with Gasteiger partial charge in [0.25, 0.3) is 5.91 Å². The molecule has 2 aromatic carbocycles. The number of carbonyl (C=O) groups is 3. The summed E-state index contributed by atoms with van der Waals surface area (Å²) in [5.41, 5.74) is 5.27. The second-order valence-electron chi connectivity index (χ2n) is 10.2. The summed E-state index contributed by atoms with van der Waals surface area (Å²) in [5, 5.41) is 5.94. The second kappa shape index (κ2) is 8.08. The van der Waals surface area contributed by atoms with Crippen LogP contribution in [0.25, 0.3) is 11.1 Å². The Bertz CT molecular complexity index is 1100. The molecular weight excluding hydrogens is 402 g/mol. The van der Waals surface area contributed by atoms with Crippen LogP contribution in [0.5, 0.6) is 0 Å². The Morgan fingerprint density at radius 3 is 2.59 bits per heavy atom. The Kier molecular flexibility index (Phi) is 5.57. The SMILES string of the molecule is Cc1cccc(-c2ccc3c(c2)C(=O)N2C[C@@H](NC(=O)CC(C)(C)C)C[C@H]2C(=O)N3)c1C. The third kappa shape index (κ3) is 4.27. The van der Waals surface area contributed by atoms with Gasteiger partial charge in [-0.15, -0.1) is 0 Å². The Labute approximate surface area is 189 Å². The van der Waals surface area contributed by atoms with Crippen LogP contribution < -0.4 is 10.6 Å². The first kappa shape index (κ1) is 22.1. The minimum absolute atomic E-state index is 0.0503.